The van der Waals surface area contributed by atoms with Gasteiger partial charge in [-0.15, -0.1) is 5.10 Å². The van der Waals surface area contributed by atoms with E-state index in [1.54, 1.807) is 24.3 Å². The second-order valence-electron chi connectivity index (χ2n) is 5.45. The zero-order valence-corrected chi connectivity index (χ0v) is 15.8. The van der Waals surface area contributed by atoms with E-state index in [1.807, 2.05) is 0 Å². The van der Waals surface area contributed by atoms with Gasteiger partial charge in [0.25, 0.3) is 5.16 Å². The smallest absolute Gasteiger partial charge is 0.225 e. The zero-order chi connectivity index (χ0) is 19.1. The van der Waals surface area contributed by atoms with Gasteiger partial charge in [-0.25, -0.2) is 26.7 Å². The predicted molar refractivity (Wildman–Crippen MR) is 96.3 cm³/mol. The molecule has 26 heavy (non-hydrogen) atoms. The lowest BCUT2D eigenvalue weighted by Crippen LogP contribution is -2.11. The summed E-state index contributed by atoms with van der Waals surface area (Å²) in [4.78, 5) is 4.03. The highest BCUT2D eigenvalue weighted by molar-refractivity contribution is 7.90. The summed E-state index contributed by atoms with van der Waals surface area (Å²) in [7, 11) is -7.49. The van der Waals surface area contributed by atoms with Crippen molar-refractivity contribution in [2.24, 2.45) is 5.14 Å². The number of nitrogens with two attached hydrogens (primary N) is 1. The van der Waals surface area contributed by atoms with Crippen molar-refractivity contribution >= 4 is 31.5 Å². The largest absolute Gasteiger partial charge is 0.267 e. The third-order valence-electron chi connectivity index (χ3n) is 3.43. The van der Waals surface area contributed by atoms with Gasteiger partial charge in [0.05, 0.1) is 10.6 Å². The molecule has 0 spiro atoms. The molecule has 0 atom stereocenters. The lowest BCUT2D eigenvalue weighted by Gasteiger charge is -2.06. The van der Waals surface area contributed by atoms with Gasteiger partial charge >= 0.3 is 0 Å². The molecule has 1 aromatic heterocycles. The first-order chi connectivity index (χ1) is 12.1. The van der Waals surface area contributed by atoms with Gasteiger partial charge in [0.2, 0.25) is 19.9 Å². The molecule has 0 aliphatic rings. The van der Waals surface area contributed by atoms with E-state index in [9.17, 15) is 16.8 Å². The topological polar surface area (TPSA) is 125 Å². The van der Waals surface area contributed by atoms with Crippen LogP contribution in [0.1, 0.15) is 0 Å². The van der Waals surface area contributed by atoms with Crippen LogP contribution in [0.5, 0.6) is 0 Å². The van der Waals surface area contributed by atoms with Gasteiger partial charge in [0.15, 0.2) is 5.82 Å². The Labute approximate surface area is 155 Å². The summed E-state index contributed by atoms with van der Waals surface area (Å²) in [5.41, 5.74) is 1.01. The number of rotatable bonds is 4. The van der Waals surface area contributed by atoms with Gasteiger partial charge in [-0.3, -0.25) is 0 Å². The fourth-order valence-electron chi connectivity index (χ4n) is 2.19. The first-order valence-corrected chi connectivity index (χ1v) is 10.9. The zero-order valence-electron chi connectivity index (χ0n) is 13.4. The SMILES string of the molecule is CS(=O)(=O)c1nc(-c2ccc(S(N)(=O)=O)cc2)n(-c2ccc(Cl)cc2)n1. The molecule has 0 unspecified atom stereocenters. The minimum atomic E-state index is -3.84. The fourth-order valence-corrected chi connectivity index (χ4v) is 3.32. The van der Waals surface area contributed by atoms with Gasteiger partial charge in [-0.1, -0.05) is 11.6 Å². The van der Waals surface area contributed by atoms with E-state index in [0.29, 0.717) is 16.3 Å². The Morgan fingerprint density at radius 1 is 0.962 bits per heavy atom. The van der Waals surface area contributed by atoms with Crippen LogP contribution in [0.25, 0.3) is 17.1 Å². The molecule has 0 aliphatic heterocycles. The monoisotopic (exact) mass is 412 g/mol. The summed E-state index contributed by atoms with van der Waals surface area (Å²) in [6.07, 6.45) is 1.00. The standard InChI is InChI=1S/C15H13ClN4O4S2/c1-25(21,22)15-18-14(10-2-8-13(9-3-10)26(17,23)24)20(19-15)12-6-4-11(16)5-7-12/h2-9H,1H3,(H2,17,23,24). The third-order valence-corrected chi connectivity index (χ3v) is 5.45. The average Bonchev–Trinajstić information content (AvgIpc) is 3.00. The van der Waals surface area contributed by atoms with Crippen LogP contribution in [0.2, 0.25) is 5.02 Å². The number of sulfone groups is 1. The van der Waals surface area contributed by atoms with Gasteiger partial charge in [-0.05, 0) is 48.5 Å². The van der Waals surface area contributed by atoms with Crippen molar-refractivity contribution in [3.05, 3.63) is 53.6 Å². The van der Waals surface area contributed by atoms with Gasteiger partial charge in [-0.2, -0.15) is 4.98 Å². The Morgan fingerprint density at radius 2 is 1.54 bits per heavy atom. The number of hydrogen-bond acceptors (Lipinski definition) is 6. The molecule has 0 aliphatic carbocycles. The van der Waals surface area contributed by atoms with Crippen molar-refractivity contribution < 1.29 is 16.8 Å². The summed E-state index contributed by atoms with van der Waals surface area (Å²) in [6, 6.07) is 12.2. The van der Waals surface area contributed by atoms with E-state index in [4.69, 9.17) is 16.7 Å². The molecule has 1 heterocycles. The van der Waals surface area contributed by atoms with E-state index >= 15 is 0 Å². The molecule has 0 fully saturated rings. The quantitative estimate of drug-likeness (QED) is 0.694. The van der Waals surface area contributed by atoms with Crippen LogP contribution >= 0.6 is 11.6 Å². The molecule has 3 aromatic rings. The van der Waals surface area contributed by atoms with Crippen molar-refractivity contribution in [3.8, 4) is 17.1 Å². The molecule has 0 radical (unpaired) electrons. The van der Waals surface area contributed by atoms with Crippen molar-refractivity contribution in [1.29, 1.82) is 0 Å². The maximum Gasteiger partial charge on any atom is 0.267 e. The van der Waals surface area contributed by atoms with Crippen LogP contribution in [0, 0.1) is 0 Å². The van der Waals surface area contributed by atoms with E-state index in [1.165, 1.54) is 28.9 Å². The highest BCUT2D eigenvalue weighted by Gasteiger charge is 2.20. The van der Waals surface area contributed by atoms with Crippen LogP contribution in [-0.2, 0) is 19.9 Å². The van der Waals surface area contributed by atoms with Crippen molar-refractivity contribution in [1.82, 2.24) is 14.8 Å². The van der Waals surface area contributed by atoms with Crippen LogP contribution < -0.4 is 5.14 Å². The third kappa shape index (κ3) is 3.78. The molecule has 2 N–H and O–H groups in total. The van der Waals surface area contributed by atoms with Crippen LogP contribution in [0.15, 0.2) is 58.6 Å². The Morgan fingerprint density at radius 3 is 2.04 bits per heavy atom. The number of hydrogen-bond donors (Lipinski definition) is 1. The maximum absolute atomic E-state index is 11.8. The number of aromatic nitrogens is 3. The highest BCUT2D eigenvalue weighted by atomic mass is 35.5. The Bertz CT molecular complexity index is 1170. The minimum Gasteiger partial charge on any atom is -0.225 e. The van der Waals surface area contributed by atoms with Crippen molar-refractivity contribution in [3.63, 3.8) is 0 Å². The van der Waals surface area contributed by atoms with E-state index in [-0.39, 0.29) is 15.9 Å². The molecule has 0 bridgehead atoms. The second-order valence-corrected chi connectivity index (χ2v) is 9.36. The lowest BCUT2D eigenvalue weighted by molar-refractivity contribution is 0.592. The number of sulfonamides is 1. The molecular formula is C15H13ClN4O4S2. The van der Waals surface area contributed by atoms with Crippen molar-refractivity contribution in [2.75, 3.05) is 6.26 Å². The molecule has 11 heteroatoms. The molecule has 136 valence electrons. The Balaban J connectivity index is 2.19. The number of halogens is 1. The fraction of sp³-hybridized carbons (Fsp3) is 0.0667. The molecule has 3 rings (SSSR count). The molecular weight excluding hydrogens is 400 g/mol. The molecule has 8 nitrogen and oxygen atoms in total. The van der Waals surface area contributed by atoms with Crippen LogP contribution in [0.4, 0.5) is 0 Å². The Hall–Kier alpha value is -2.27. The first-order valence-electron chi connectivity index (χ1n) is 7.12. The van der Waals surface area contributed by atoms with Gasteiger partial charge < -0.3 is 0 Å². The summed E-state index contributed by atoms with van der Waals surface area (Å²) in [5.74, 6) is 0.230. The molecule has 0 amide bonds. The maximum atomic E-state index is 11.8. The average molecular weight is 413 g/mol. The molecule has 0 saturated carbocycles. The summed E-state index contributed by atoms with van der Waals surface area (Å²) in [5, 5.41) is 9.31. The van der Waals surface area contributed by atoms with E-state index in [0.717, 1.165) is 6.26 Å². The summed E-state index contributed by atoms with van der Waals surface area (Å²) >= 11 is 5.88. The number of benzene rings is 2. The minimum absolute atomic E-state index is 0.0675. The second kappa shape index (κ2) is 6.47. The first kappa shape index (κ1) is 18.5. The van der Waals surface area contributed by atoms with Gasteiger partial charge in [0, 0.05) is 16.8 Å². The molecule has 2 aromatic carbocycles. The predicted octanol–water partition coefficient (Wildman–Crippen LogP) is 1.64. The number of primary sulfonamides is 1. The van der Waals surface area contributed by atoms with E-state index < -0.39 is 19.9 Å². The summed E-state index contributed by atoms with van der Waals surface area (Å²) in [6.45, 7) is 0. The Kier molecular flexibility index (Phi) is 4.61. The van der Waals surface area contributed by atoms with Crippen molar-refractivity contribution in [2.45, 2.75) is 10.1 Å². The van der Waals surface area contributed by atoms with Crippen LogP contribution in [-0.4, -0.2) is 37.9 Å². The molecule has 0 saturated heterocycles. The van der Waals surface area contributed by atoms with E-state index in [2.05, 4.69) is 10.1 Å². The highest BCUT2D eigenvalue weighted by Crippen LogP contribution is 2.24. The van der Waals surface area contributed by atoms with Gasteiger partial charge in [0.1, 0.15) is 0 Å². The summed E-state index contributed by atoms with van der Waals surface area (Å²) < 4.78 is 47.8. The lowest BCUT2D eigenvalue weighted by atomic mass is 10.2. The number of nitrogens with zero attached hydrogens (tertiary/aromatic N) is 3. The normalized spacial score (nSPS) is 12.3. The van der Waals surface area contributed by atoms with Crippen LogP contribution in [0.3, 0.4) is 0 Å².